The zero-order valence-electron chi connectivity index (χ0n) is 14.1. The summed E-state index contributed by atoms with van der Waals surface area (Å²) in [6.07, 6.45) is 2.94. The molecule has 0 radical (unpaired) electrons. The normalized spacial score (nSPS) is 10.8. The Hall–Kier alpha value is -2.25. The predicted octanol–water partition coefficient (Wildman–Crippen LogP) is 3.97. The lowest BCUT2D eigenvalue weighted by Gasteiger charge is -2.19. The van der Waals surface area contributed by atoms with Crippen LogP contribution < -0.4 is 10.1 Å². The molecular formula is C19H21ClN2O2. The SMILES string of the molecule is CCCC(=O)NC(C)(C)C#CCOc1ccc2ncc(Cl)cc2c1. The second-order valence-electron chi connectivity index (χ2n) is 6.02. The summed E-state index contributed by atoms with van der Waals surface area (Å²) >= 11 is 5.95. The summed E-state index contributed by atoms with van der Waals surface area (Å²) in [7, 11) is 0. The highest BCUT2D eigenvalue weighted by molar-refractivity contribution is 6.31. The van der Waals surface area contributed by atoms with Gasteiger partial charge in [-0.3, -0.25) is 9.78 Å². The molecular weight excluding hydrogens is 324 g/mol. The maximum absolute atomic E-state index is 11.6. The van der Waals surface area contributed by atoms with Crippen molar-refractivity contribution in [3.05, 3.63) is 35.5 Å². The number of amides is 1. The monoisotopic (exact) mass is 344 g/mol. The number of carbonyl (C=O) groups is 1. The molecule has 126 valence electrons. The van der Waals surface area contributed by atoms with Crippen molar-refractivity contribution in [3.63, 3.8) is 0 Å². The molecule has 0 unspecified atom stereocenters. The third-order valence-corrected chi connectivity index (χ3v) is 3.47. The fourth-order valence-corrected chi connectivity index (χ4v) is 2.38. The highest BCUT2D eigenvalue weighted by atomic mass is 35.5. The van der Waals surface area contributed by atoms with Gasteiger partial charge in [0.25, 0.3) is 0 Å². The largest absolute Gasteiger partial charge is 0.481 e. The lowest BCUT2D eigenvalue weighted by molar-refractivity contribution is -0.122. The molecule has 0 saturated carbocycles. The Morgan fingerprint density at radius 3 is 2.92 bits per heavy atom. The molecule has 0 atom stereocenters. The summed E-state index contributed by atoms with van der Waals surface area (Å²) in [5.41, 5.74) is 0.286. The van der Waals surface area contributed by atoms with Gasteiger partial charge in [-0.25, -0.2) is 0 Å². The van der Waals surface area contributed by atoms with Crippen molar-refractivity contribution in [2.45, 2.75) is 39.2 Å². The van der Waals surface area contributed by atoms with Gasteiger partial charge < -0.3 is 10.1 Å². The first-order valence-electron chi connectivity index (χ1n) is 7.89. The molecule has 0 saturated heterocycles. The van der Waals surface area contributed by atoms with Crippen molar-refractivity contribution in [2.75, 3.05) is 6.61 Å². The van der Waals surface area contributed by atoms with Crippen LogP contribution >= 0.6 is 11.6 Å². The van der Waals surface area contributed by atoms with Crippen LogP contribution in [0.2, 0.25) is 5.02 Å². The molecule has 0 fully saturated rings. The van der Waals surface area contributed by atoms with Crippen LogP contribution in [-0.4, -0.2) is 23.0 Å². The molecule has 4 nitrogen and oxygen atoms in total. The van der Waals surface area contributed by atoms with Crippen molar-refractivity contribution in [1.82, 2.24) is 10.3 Å². The smallest absolute Gasteiger partial charge is 0.221 e. The summed E-state index contributed by atoms with van der Waals surface area (Å²) in [4.78, 5) is 15.9. The van der Waals surface area contributed by atoms with Gasteiger partial charge in [-0.1, -0.05) is 30.4 Å². The molecule has 0 aliphatic carbocycles. The van der Waals surface area contributed by atoms with E-state index in [4.69, 9.17) is 16.3 Å². The lowest BCUT2D eigenvalue weighted by Crippen LogP contribution is -2.42. The molecule has 2 aromatic rings. The van der Waals surface area contributed by atoms with E-state index in [-0.39, 0.29) is 12.5 Å². The van der Waals surface area contributed by atoms with Gasteiger partial charge >= 0.3 is 0 Å². The van der Waals surface area contributed by atoms with E-state index in [0.29, 0.717) is 17.2 Å². The maximum atomic E-state index is 11.6. The first kappa shape index (κ1) is 18.1. The molecule has 5 heteroatoms. The van der Waals surface area contributed by atoms with Crippen LogP contribution in [0.5, 0.6) is 5.75 Å². The Balaban J connectivity index is 1.95. The molecule has 0 aliphatic rings. The molecule has 0 bridgehead atoms. The number of hydrogen-bond acceptors (Lipinski definition) is 3. The van der Waals surface area contributed by atoms with Gasteiger partial charge in [0.15, 0.2) is 0 Å². The first-order chi connectivity index (χ1) is 11.4. The molecule has 24 heavy (non-hydrogen) atoms. The number of pyridine rings is 1. The van der Waals surface area contributed by atoms with Crippen molar-refractivity contribution in [2.24, 2.45) is 0 Å². The van der Waals surface area contributed by atoms with E-state index in [1.807, 2.05) is 45.0 Å². The fraction of sp³-hybridized carbons (Fsp3) is 0.368. The number of ether oxygens (including phenoxy) is 1. The van der Waals surface area contributed by atoms with Gasteiger partial charge in [0.1, 0.15) is 12.4 Å². The lowest BCUT2D eigenvalue weighted by atomic mass is 10.1. The van der Waals surface area contributed by atoms with Crippen molar-refractivity contribution in [3.8, 4) is 17.6 Å². The van der Waals surface area contributed by atoms with Gasteiger partial charge in [0.05, 0.1) is 16.1 Å². The molecule has 0 aliphatic heterocycles. The molecule has 1 heterocycles. The Morgan fingerprint density at radius 1 is 1.38 bits per heavy atom. The summed E-state index contributed by atoms with van der Waals surface area (Å²) < 4.78 is 5.64. The Morgan fingerprint density at radius 2 is 2.17 bits per heavy atom. The Kier molecular flexibility index (Phi) is 6.05. The standard InChI is InChI=1S/C19H21ClN2O2/c1-4-6-18(23)22-19(2,3)9-5-10-24-16-7-8-17-14(12-16)11-15(20)13-21-17/h7-8,11-13H,4,6,10H2,1-3H3,(H,22,23). The van der Waals surface area contributed by atoms with Crippen molar-refractivity contribution in [1.29, 1.82) is 0 Å². The van der Waals surface area contributed by atoms with Crippen molar-refractivity contribution >= 4 is 28.4 Å². The zero-order chi connectivity index (χ0) is 17.6. The zero-order valence-corrected chi connectivity index (χ0v) is 14.9. The van der Waals surface area contributed by atoms with Gasteiger partial charge in [-0.2, -0.15) is 0 Å². The van der Waals surface area contributed by atoms with Crippen LogP contribution in [0.15, 0.2) is 30.5 Å². The number of aromatic nitrogens is 1. The first-order valence-corrected chi connectivity index (χ1v) is 8.26. The maximum Gasteiger partial charge on any atom is 0.221 e. The summed E-state index contributed by atoms with van der Waals surface area (Å²) in [6.45, 7) is 5.96. The number of rotatable bonds is 5. The van der Waals surface area contributed by atoms with Gasteiger partial charge in [0.2, 0.25) is 5.91 Å². The Bertz CT molecular complexity index is 791. The van der Waals surface area contributed by atoms with Gasteiger partial charge in [-0.15, -0.1) is 0 Å². The molecule has 1 aromatic heterocycles. The number of nitrogens with zero attached hydrogens (tertiary/aromatic N) is 1. The average Bonchev–Trinajstić information content (AvgIpc) is 2.51. The minimum absolute atomic E-state index is 0.0108. The van der Waals surface area contributed by atoms with E-state index in [1.54, 1.807) is 6.20 Å². The van der Waals surface area contributed by atoms with E-state index in [9.17, 15) is 4.79 Å². The fourth-order valence-electron chi connectivity index (χ4n) is 2.22. The molecule has 2 rings (SSSR count). The van der Waals surface area contributed by atoms with E-state index < -0.39 is 5.54 Å². The third-order valence-electron chi connectivity index (χ3n) is 3.26. The highest BCUT2D eigenvalue weighted by Gasteiger charge is 2.16. The van der Waals surface area contributed by atoms with Crippen LogP contribution in [0.1, 0.15) is 33.6 Å². The minimum atomic E-state index is -0.573. The number of hydrogen-bond donors (Lipinski definition) is 1. The molecule has 1 amide bonds. The van der Waals surface area contributed by atoms with Gasteiger partial charge in [0, 0.05) is 18.0 Å². The molecule has 1 aromatic carbocycles. The van der Waals surface area contributed by atoms with Crippen LogP contribution in [0, 0.1) is 11.8 Å². The van der Waals surface area contributed by atoms with E-state index in [0.717, 1.165) is 17.3 Å². The van der Waals surface area contributed by atoms with E-state index in [1.165, 1.54) is 0 Å². The molecule has 0 spiro atoms. The summed E-state index contributed by atoms with van der Waals surface area (Å²) in [5.74, 6) is 6.69. The van der Waals surface area contributed by atoms with Crippen LogP contribution in [0.25, 0.3) is 10.9 Å². The van der Waals surface area contributed by atoms with Crippen LogP contribution in [0.3, 0.4) is 0 Å². The minimum Gasteiger partial charge on any atom is -0.481 e. The third kappa shape index (κ3) is 5.43. The number of nitrogens with one attached hydrogen (secondary N) is 1. The molecule has 1 N–H and O–H groups in total. The summed E-state index contributed by atoms with van der Waals surface area (Å²) in [6, 6.07) is 7.45. The van der Waals surface area contributed by atoms with E-state index in [2.05, 4.69) is 22.1 Å². The van der Waals surface area contributed by atoms with E-state index >= 15 is 0 Å². The highest BCUT2D eigenvalue weighted by Crippen LogP contribution is 2.21. The number of carbonyl (C=O) groups excluding carboxylic acids is 1. The topological polar surface area (TPSA) is 51.2 Å². The second-order valence-corrected chi connectivity index (χ2v) is 6.46. The van der Waals surface area contributed by atoms with Crippen molar-refractivity contribution < 1.29 is 9.53 Å². The second kappa shape index (κ2) is 8.03. The summed E-state index contributed by atoms with van der Waals surface area (Å²) in [5, 5.41) is 4.40. The predicted molar refractivity (Wildman–Crippen MR) is 97.2 cm³/mol. The Labute approximate surface area is 147 Å². The number of fused-ring (bicyclic) bond motifs is 1. The van der Waals surface area contributed by atoms with Gasteiger partial charge in [-0.05, 0) is 44.5 Å². The number of halogens is 1. The quantitative estimate of drug-likeness (QED) is 0.835. The average molecular weight is 345 g/mol. The van der Waals surface area contributed by atoms with Crippen LogP contribution in [0.4, 0.5) is 0 Å². The number of benzene rings is 1. The van der Waals surface area contributed by atoms with Crippen LogP contribution in [-0.2, 0) is 4.79 Å².